The van der Waals surface area contributed by atoms with E-state index in [0.29, 0.717) is 28.8 Å². The van der Waals surface area contributed by atoms with Crippen LogP contribution in [0.3, 0.4) is 0 Å². The summed E-state index contributed by atoms with van der Waals surface area (Å²) in [4.78, 5) is 13.9. The smallest absolute Gasteiger partial charge is 0.277 e. The SMILES string of the molecule is NC(=S)C(=NNc1ccc(Cl)cc1Cl)C(=O)N1CCCC1. The summed E-state index contributed by atoms with van der Waals surface area (Å²) in [7, 11) is 0. The van der Waals surface area contributed by atoms with Gasteiger partial charge in [-0.1, -0.05) is 35.4 Å². The standard InChI is InChI=1S/C13H14Cl2N4OS/c14-8-3-4-10(9(15)7-8)17-18-11(12(16)21)13(20)19-5-1-2-6-19/h3-4,7,17H,1-2,5-6H2,(H2,16,21). The van der Waals surface area contributed by atoms with Gasteiger partial charge in [0.1, 0.15) is 4.99 Å². The molecule has 1 aromatic rings. The maximum absolute atomic E-state index is 12.3. The predicted octanol–water partition coefficient (Wildman–Crippen LogP) is 2.67. The van der Waals surface area contributed by atoms with E-state index in [4.69, 9.17) is 41.2 Å². The maximum Gasteiger partial charge on any atom is 0.277 e. The summed E-state index contributed by atoms with van der Waals surface area (Å²) >= 11 is 16.7. The van der Waals surface area contributed by atoms with Crippen molar-refractivity contribution in [2.45, 2.75) is 12.8 Å². The minimum atomic E-state index is -0.266. The molecule has 1 amide bonds. The lowest BCUT2D eigenvalue weighted by Crippen LogP contribution is -2.40. The number of rotatable bonds is 4. The zero-order chi connectivity index (χ0) is 15.4. The Morgan fingerprint density at radius 2 is 2.00 bits per heavy atom. The second-order valence-electron chi connectivity index (χ2n) is 4.56. The van der Waals surface area contributed by atoms with E-state index in [9.17, 15) is 4.79 Å². The summed E-state index contributed by atoms with van der Waals surface area (Å²) in [6.07, 6.45) is 1.96. The Kier molecular flexibility index (Phi) is 5.39. The van der Waals surface area contributed by atoms with Gasteiger partial charge in [0.25, 0.3) is 5.91 Å². The molecule has 21 heavy (non-hydrogen) atoms. The Balaban J connectivity index is 2.17. The van der Waals surface area contributed by atoms with Crippen LogP contribution < -0.4 is 11.2 Å². The molecule has 0 radical (unpaired) electrons. The van der Waals surface area contributed by atoms with Gasteiger partial charge >= 0.3 is 0 Å². The number of thiocarbonyl (C=S) groups is 1. The van der Waals surface area contributed by atoms with E-state index in [2.05, 4.69) is 10.5 Å². The molecule has 0 saturated carbocycles. The summed E-state index contributed by atoms with van der Waals surface area (Å²) in [5.74, 6) is -0.266. The fourth-order valence-corrected chi connectivity index (χ4v) is 2.56. The van der Waals surface area contributed by atoms with Gasteiger partial charge in [0.2, 0.25) is 0 Å². The number of carbonyl (C=O) groups excluding carboxylic acids is 1. The predicted molar refractivity (Wildman–Crippen MR) is 90.1 cm³/mol. The molecular formula is C13H14Cl2N4OS. The molecule has 0 bridgehead atoms. The fraction of sp³-hybridized carbons (Fsp3) is 0.308. The summed E-state index contributed by atoms with van der Waals surface area (Å²) in [5.41, 5.74) is 8.84. The van der Waals surface area contributed by atoms with Gasteiger partial charge in [0, 0.05) is 18.1 Å². The molecule has 0 spiro atoms. The second kappa shape index (κ2) is 7.06. The number of hydrogen-bond donors (Lipinski definition) is 2. The quantitative estimate of drug-likeness (QED) is 0.500. The van der Waals surface area contributed by atoms with E-state index >= 15 is 0 Å². The molecule has 0 aromatic heterocycles. The average molecular weight is 345 g/mol. The highest BCUT2D eigenvalue weighted by Gasteiger charge is 2.24. The molecule has 3 N–H and O–H groups in total. The van der Waals surface area contributed by atoms with Crippen LogP contribution >= 0.6 is 35.4 Å². The van der Waals surface area contributed by atoms with E-state index in [1.807, 2.05) is 0 Å². The molecule has 1 aliphatic heterocycles. The lowest BCUT2D eigenvalue weighted by molar-refractivity contribution is -0.122. The van der Waals surface area contributed by atoms with Crippen LogP contribution in [0.5, 0.6) is 0 Å². The van der Waals surface area contributed by atoms with Gasteiger partial charge < -0.3 is 10.6 Å². The number of amides is 1. The number of carbonyl (C=O) groups is 1. The lowest BCUT2D eigenvalue weighted by Gasteiger charge is -2.16. The Morgan fingerprint density at radius 3 is 2.57 bits per heavy atom. The van der Waals surface area contributed by atoms with Gasteiger partial charge in [-0.3, -0.25) is 10.2 Å². The third-order valence-electron chi connectivity index (χ3n) is 3.05. The number of nitrogens with zero attached hydrogens (tertiary/aromatic N) is 2. The van der Waals surface area contributed by atoms with Crippen LogP contribution in [-0.2, 0) is 4.79 Å². The van der Waals surface area contributed by atoms with Crippen LogP contribution in [0.25, 0.3) is 0 Å². The van der Waals surface area contributed by atoms with E-state index in [1.54, 1.807) is 23.1 Å². The van der Waals surface area contributed by atoms with Crippen molar-refractivity contribution < 1.29 is 4.79 Å². The zero-order valence-electron chi connectivity index (χ0n) is 11.1. The fourth-order valence-electron chi connectivity index (χ4n) is 1.97. The molecule has 0 unspecified atom stereocenters. The number of nitrogens with one attached hydrogen (secondary N) is 1. The Hall–Kier alpha value is -1.37. The van der Waals surface area contributed by atoms with E-state index < -0.39 is 0 Å². The molecule has 1 heterocycles. The number of hydrazone groups is 1. The van der Waals surface area contributed by atoms with Crippen LogP contribution in [0.1, 0.15) is 12.8 Å². The number of benzene rings is 1. The largest absolute Gasteiger partial charge is 0.388 e. The van der Waals surface area contributed by atoms with Crippen LogP contribution in [0.2, 0.25) is 10.0 Å². The molecule has 1 saturated heterocycles. The van der Waals surface area contributed by atoms with E-state index in [-0.39, 0.29) is 16.6 Å². The van der Waals surface area contributed by atoms with Gasteiger partial charge in [0.05, 0.1) is 10.7 Å². The molecule has 2 rings (SSSR count). The number of anilines is 1. The highest BCUT2D eigenvalue weighted by molar-refractivity contribution is 7.82. The van der Waals surface area contributed by atoms with Crippen molar-refractivity contribution in [3.8, 4) is 0 Å². The summed E-state index contributed by atoms with van der Waals surface area (Å²) in [6, 6.07) is 4.89. The number of halogens is 2. The monoisotopic (exact) mass is 344 g/mol. The third kappa shape index (κ3) is 4.06. The first-order chi connectivity index (χ1) is 9.99. The molecule has 1 aliphatic rings. The first kappa shape index (κ1) is 16.0. The molecule has 1 aromatic carbocycles. The summed E-state index contributed by atoms with van der Waals surface area (Å²) in [5, 5.41) is 4.91. The van der Waals surface area contributed by atoms with Crippen LogP contribution in [0.15, 0.2) is 23.3 Å². The minimum absolute atomic E-state index is 0.0258. The van der Waals surface area contributed by atoms with Gasteiger partial charge in [-0.15, -0.1) is 0 Å². The van der Waals surface area contributed by atoms with Crippen molar-refractivity contribution in [1.82, 2.24) is 4.90 Å². The van der Waals surface area contributed by atoms with Crippen LogP contribution in [0, 0.1) is 0 Å². The van der Waals surface area contributed by atoms with Crippen molar-refractivity contribution in [2.24, 2.45) is 10.8 Å². The van der Waals surface area contributed by atoms with Gasteiger partial charge in [-0.25, -0.2) is 0 Å². The van der Waals surface area contributed by atoms with Crippen LogP contribution in [0.4, 0.5) is 5.69 Å². The average Bonchev–Trinajstić information content (AvgIpc) is 2.94. The van der Waals surface area contributed by atoms with Crippen molar-refractivity contribution >= 4 is 57.7 Å². The van der Waals surface area contributed by atoms with Gasteiger partial charge in [0.15, 0.2) is 5.71 Å². The Labute approximate surface area is 138 Å². The molecule has 1 fully saturated rings. The molecule has 8 heteroatoms. The zero-order valence-corrected chi connectivity index (χ0v) is 13.4. The molecule has 112 valence electrons. The van der Waals surface area contributed by atoms with E-state index in [0.717, 1.165) is 12.8 Å². The van der Waals surface area contributed by atoms with Crippen molar-refractivity contribution in [2.75, 3.05) is 18.5 Å². The van der Waals surface area contributed by atoms with Crippen molar-refractivity contribution in [3.63, 3.8) is 0 Å². The van der Waals surface area contributed by atoms with Crippen molar-refractivity contribution in [1.29, 1.82) is 0 Å². The molecule has 0 atom stereocenters. The van der Waals surface area contributed by atoms with Crippen molar-refractivity contribution in [3.05, 3.63) is 28.2 Å². The van der Waals surface area contributed by atoms with Crippen LogP contribution in [-0.4, -0.2) is 34.6 Å². The topological polar surface area (TPSA) is 70.7 Å². The normalized spacial score (nSPS) is 15.1. The minimum Gasteiger partial charge on any atom is -0.388 e. The van der Waals surface area contributed by atoms with E-state index in [1.165, 1.54) is 0 Å². The van der Waals surface area contributed by atoms with Gasteiger partial charge in [-0.05, 0) is 31.0 Å². The number of hydrogen-bond acceptors (Lipinski definition) is 4. The molecule has 0 aliphatic carbocycles. The Morgan fingerprint density at radius 1 is 1.33 bits per heavy atom. The lowest BCUT2D eigenvalue weighted by atomic mass is 10.3. The third-order valence-corrected chi connectivity index (χ3v) is 3.79. The first-order valence-electron chi connectivity index (χ1n) is 6.37. The number of nitrogens with two attached hydrogens (primary N) is 1. The van der Waals surface area contributed by atoms with Gasteiger partial charge in [-0.2, -0.15) is 5.10 Å². The molecular weight excluding hydrogens is 331 g/mol. The first-order valence-corrected chi connectivity index (χ1v) is 7.53. The summed E-state index contributed by atoms with van der Waals surface area (Å²) in [6.45, 7) is 1.39. The molecule has 5 nitrogen and oxygen atoms in total. The maximum atomic E-state index is 12.3. The second-order valence-corrected chi connectivity index (χ2v) is 5.84. The Bertz CT molecular complexity index is 600. The summed E-state index contributed by atoms with van der Waals surface area (Å²) < 4.78 is 0. The highest BCUT2D eigenvalue weighted by Crippen LogP contribution is 2.25. The number of likely N-dealkylation sites (tertiary alicyclic amines) is 1. The highest BCUT2D eigenvalue weighted by atomic mass is 35.5.